The Labute approximate surface area is 145 Å². The number of halogens is 1. The van der Waals surface area contributed by atoms with Crippen LogP contribution in [0.1, 0.15) is 24.0 Å². The summed E-state index contributed by atoms with van der Waals surface area (Å²) in [5.74, 6) is 1.14. The largest absolute Gasteiger partial charge is 0.457 e. The number of likely N-dealkylation sites (N-methyl/N-ethyl adjacent to an activating group) is 1. The van der Waals surface area contributed by atoms with Crippen molar-refractivity contribution in [3.63, 3.8) is 0 Å². The zero-order valence-electron chi connectivity index (χ0n) is 13.6. The van der Waals surface area contributed by atoms with Crippen molar-refractivity contribution in [2.75, 3.05) is 20.1 Å². The Morgan fingerprint density at radius 3 is 2.88 bits per heavy atom. The van der Waals surface area contributed by atoms with Crippen LogP contribution in [0, 0.1) is 0 Å². The number of fused-ring (bicyclic) bond motifs is 5. The minimum atomic E-state index is -0.771. The Bertz CT molecular complexity index is 822. The second-order valence-electron chi connectivity index (χ2n) is 6.51. The van der Waals surface area contributed by atoms with Crippen LogP contribution in [0.3, 0.4) is 0 Å². The van der Waals surface area contributed by atoms with E-state index in [2.05, 4.69) is 4.90 Å². The van der Waals surface area contributed by atoms with Crippen LogP contribution in [0.5, 0.6) is 11.5 Å². The number of rotatable bonds is 1. The van der Waals surface area contributed by atoms with E-state index in [-0.39, 0.29) is 11.9 Å². The van der Waals surface area contributed by atoms with E-state index in [1.807, 2.05) is 43.4 Å². The normalized spacial score (nSPS) is 25.0. The molecular formula is C19H18ClNO3. The van der Waals surface area contributed by atoms with E-state index in [1.54, 1.807) is 6.07 Å². The van der Waals surface area contributed by atoms with E-state index in [1.165, 1.54) is 6.92 Å². The molecule has 0 spiro atoms. The lowest BCUT2D eigenvalue weighted by atomic mass is 9.79. The number of hydrogen-bond acceptors (Lipinski definition) is 4. The minimum Gasteiger partial charge on any atom is -0.457 e. The van der Waals surface area contributed by atoms with Gasteiger partial charge in [0.25, 0.3) is 0 Å². The maximum atomic E-state index is 11.9. The summed E-state index contributed by atoms with van der Waals surface area (Å²) in [5.41, 5.74) is 1.15. The van der Waals surface area contributed by atoms with E-state index >= 15 is 0 Å². The van der Waals surface area contributed by atoms with Crippen molar-refractivity contribution < 1.29 is 14.3 Å². The number of likely N-dealkylation sites (tertiary alicyclic amines) is 1. The predicted molar refractivity (Wildman–Crippen MR) is 91.7 cm³/mol. The van der Waals surface area contributed by atoms with Crippen LogP contribution in [0.25, 0.3) is 0 Å². The Balaban J connectivity index is 2.01. The lowest BCUT2D eigenvalue weighted by Gasteiger charge is -2.33. The van der Waals surface area contributed by atoms with Crippen LogP contribution >= 0.6 is 11.6 Å². The van der Waals surface area contributed by atoms with Crippen molar-refractivity contribution in [1.29, 1.82) is 0 Å². The lowest BCUT2D eigenvalue weighted by Crippen LogP contribution is -2.38. The summed E-state index contributed by atoms with van der Waals surface area (Å²) >= 11 is 6.18. The van der Waals surface area contributed by atoms with Gasteiger partial charge in [-0.25, -0.2) is 0 Å². The first-order valence-electron chi connectivity index (χ1n) is 7.94. The molecule has 0 aliphatic carbocycles. The maximum Gasteiger partial charge on any atom is 0.303 e. The van der Waals surface area contributed by atoms with Crippen molar-refractivity contribution in [2.24, 2.45) is 0 Å². The van der Waals surface area contributed by atoms with Crippen molar-refractivity contribution in [3.05, 3.63) is 58.6 Å². The van der Waals surface area contributed by atoms with Gasteiger partial charge in [-0.15, -0.1) is 0 Å². The van der Waals surface area contributed by atoms with E-state index in [0.29, 0.717) is 17.3 Å². The first-order chi connectivity index (χ1) is 11.5. The molecule has 0 unspecified atom stereocenters. The molecule has 0 bridgehead atoms. The molecule has 0 radical (unpaired) electrons. The highest BCUT2D eigenvalue weighted by molar-refractivity contribution is 6.30. The molecule has 4 nitrogen and oxygen atoms in total. The molecule has 1 fully saturated rings. The van der Waals surface area contributed by atoms with Crippen LogP contribution in [0.4, 0.5) is 0 Å². The molecule has 2 aromatic carbocycles. The molecule has 2 aliphatic rings. The molecule has 0 N–H and O–H groups in total. The average Bonchev–Trinajstić information content (AvgIpc) is 2.79. The van der Waals surface area contributed by atoms with Gasteiger partial charge in [0.05, 0.1) is 0 Å². The second-order valence-corrected chi connectivity index (χ2v) is 6.95. The number of hydrogen-bond donors (Lipinski definition) is 0. The summed E-state index contributed by atoms with van der Waals surface area (Å²) in [5, 5.41) is 0.592. The number of carbonyl (C=O) groups excluding carboxylic acids is 1. The smallest absolute Gasteiger partial charge is 0.303 e. The number of ether oxygens (including phenoxy) is 2. The zero-order valence-corrected chi connectivity index (χ0v) is 14.3. The molecule has 0 amide bonds. The van der Waals surface area contributed by atoms with E-state index in [4.69, 9.17) is 21.1 Å². The summed E-state index contributed by atoms with van der Waals surface area (Å²) < 4.78 is 12.1. The van der Waals surface area contributed by atoms with Crippen molar-refractivity contribution in [2.45, 2.75) is 18.4 Å². The number of esters is 1. The molecule has 0 saturated carbocycles. The number of benzene rings is 2. The molecule has 2 heterocycles. The highest BCUT2D eigenvalue weighted by Crippen LogP contribution is 2.54. The van der Waals surface area contributed by atoms with Crippen LogP contribution in [0.2, 0.25) is 5.02 Å². The fourth-order valence-electron chi connectivity index (χ4n) is 3.98. The van der Waals surface area contributed by atoms with Gasteiger partial charge >= 0.3 is 5.97 Å². The Morgan fingerprint density at radius 2 is 2.08 bits per heavy atom. The molecule has 5 heteroatoms. The zero-order chi connectivity index (χ0) is 16.9. The topological polar surface area (TPSA) is 38.8 Å². The van der Waals surface area contributed by atoms with Gasteiger partial charge in [0.15, 0.2) is 5.60 Å². The molecule has 2 atom stereocenters. The highest BCUT2D eigenvalue weighted by atomic mass is 35.5. The Hall–Kier alpha value is -2.04. The van der Waals surface area contributed by atoms with E-state index in [9.17, 15) is 4.79 Å². The standard InChI is InChI=1S/C19H18ClNO3/c1-12(22)24-19-11-21(2)10-16(19)14-5-3-4-6-17(14)23-18-9-13(20)7-8-15(18)19/h3-9,16H,10-11H2,1-2H3/t16-,19-/m1/s1. The summed E-state index contributed by atoms with van der Waals surface area (Å²) in [4.78, 5) is 14.1. The van der Waals surface area contributed by atoms with Gasteiger partial charge in [-0.05, 0) is 31.3 Å². The summed E-state index contributed by atoms with van der Waals surface area (Å²) in [6.07, 6.45) is 0. The predicted octanol–water partition coefficient (Wildman–Crippen LogP) is 3.93. The second kappa shape index (κ2) is 5.50. The SMILES string of the molecule is CC(=O)O[C@@]12CN(C)C[C@@H]1c1ccccc1Oc1cc(Cl)ccc12. The van der Waals surface area contributed by atoms with Crippen molar-refractivity contribution >= 4 is 17.6 Å². The molecule has 124 valence electrons. The van der Waals surface area contributed by atoms with Gasteiger partial charge in [-0.2, -0.15) is 0 Å². The molecule has 2 aliphatic heterocycles. The van der Waals surface area contributed by atoms with Gasteiger partial charge in [-0.1, -0.05) is 29.8 Å². The third-order valence-corrected chi connectivity index (χ3v) is 5.04. The third-order valence-electron chi connectivity index (χ3n) is 4.80. The van der Waals surface area contributed by atoms with Gasteiger partial charge in [-0.3, -0.25) is 4.79 Å². The van der Waals surface area contributed by atoms with Gasteiger partial charge in [0, 0.05) is 42.1 Å². The van der Waals surface area contributed by atoms with Gasteiger partial charge < -0.3 is 14.4 Å². The van der Waals surface area contributed by atoms with Crippen LogP contribution in [-0.2, 0) is 15.1 Å². The molecule has 1 saturated heterocycles. The van der Waals surface area contributed by atoms with Crippen LogP contribution in [0.15, 0.2) is 42.5 Å². The van der Waals surface area contributed by atoms with Gasteiger partial charge in [0.1, 0.15) is 11.5 Å². The lowest BCUT2D eigenvalue weighted by molar-refractivity contribution is -0.158. The summed E-state index contributed by atoms with van der Waals surface area (Å²) in [6, 6.07) is 13.5. The van der Waals surface area contributed by atoms with Gasteiger partial charge in [0.2, 0.25) is 0 Å². The first-order valence-corrected chi connectivity index (χ1v) is 8.32. The monoisotopic (exact) mass is 343 g/mol. The highest BCUT2D eigenvalue weighted by Gasteiger charge is 2.54. The first kappa shape index (κ1) is 15.5. The fraction of sp³-hybridized carbons (Fsp3) is 0.316. The number of carbonyl (C=O) groups is 1. The summed E-state index contributed by atoms with van der Waals surface area (Å²) in [7, 11) is 2.04. The molecule has 0 aromatic heterocycles. The van der Waals surface area contributed by atoms with Crippen LogP contribution < -0.4 is 4.74 Å². The van der Waals surface area contributed by atoms with E-state index in [0.717, 1.165) is 23.4 Å². The van der Waals surface area contributed by atoms with E-state index < -0.39 is 5.60 Å². The summed E-state index contributed by atoms with van der Waals surface area (Å²) in [6.45, 7) is 2.86. The fourth-order valence-corrected chi connectivity index (χ4v) is 4.14. The quantitative estimate of drug-likeness (QED) is 0.735. The molecule has 24 heavy (non-hydrogen) atoms. The maximum absolute atomic E-state index is 11.9. The van der Waals surface area contributed by atoms with Crippen molar-refractivity contribution in [1.82, 2.24) is 4.90 Å². The molecular weight excluding hydrogens is 326 g/mol. The molecule has 4 rings (SSSR count). The average molecular weight is 344 g/mol. The Morgan fingerprint density at radius 1 is 1.29 bits per heavy atom. The minimum absolute atomic E-state index is 0.00465. The number of para-hydroxylation sites is 1. The number of nitrogens with zero attached hydrogens (tertiary/aromatic N) is 1. The third kappa shape index (κ3) is 2.29. The molecule has 2 aromatic rings. The van der Waals surface area contributed by atoms with Crippen molar-refractivity contribution in [3.8, 4) is 11.5 Å². The van der Waals surface area contributed by atoms with Crippen LogP contribution in [-0.4, -0.2) is 31.0 Å². The Kier molecular flexibility index (Phi) is 3.55.